The Hall–Kier alpha value is -1.26. The van der Waals surface area contributed by atoms with Gasteiger partial charge in [-0.25, -0.2) is 0 Å². The number of hydrogen-bond acceptors (Lipinski definition) is 4. The molecule has 1 aromatic carbocycles. The maximum atomic E-state index is 8.96. The maximum Gasteiger partial charge on any atom is 0.160 e. The topological polar surface area (TPSA) is 41.9 Å². The van der Waals surface area contributed by atoms with Crippen molar-refractivity contribution in [3.05, 3.63) is 23.8 Å². The van der Waals surface area contributed by atoms with Gasteiger partial charge in [-0.3, -0.25) is 0 Å². The van der Waals surface area contributed by atoms with Gasteiger partial charge in [0, 0.05) is 6.54 Å². The number of β-amino-alcohol motifs (C(OH)–C–C–N with tert-alkyl or cyclic N) is 1. The van der Waals surface area contributed by atoms with Crippen molar-refractivity contribution in [2.45, 2.75) is 18.8 Å². The highest BCUT2D eigenvalue weighted by Crippen LogP contribution is 2.34. The second-order valence-corrected chi connectivity index (χ2v) is 4.95. The first kappa shape index (κ1) is 14.2. The predicted molar refractivity (Wildman–Crippen MR) is 75.0 cm³/mol. The Morgan fingerprint density at radius 1 is 1.16 bits per heavy atom. The molecular weight excluding hydrogens is 242 g/mol. The van der Waals surface area contributed by atoms with Gasteiger partial charge in [0.2, 0.25) is 0 Å². The highest BCUT2D eigenvalue weighted by Gasteiger charge is 2.21. The van der Waals surface area contributed by atoms with Crippen molar-refractivity contribution in [1.82, 2.24) is 4.90 Å². The number of likely N-dealkylation sites (tertiary alicyclic amines) is 1. The second-order valence-electron chi connectivity index (χ2n) is 4.95. The fourth-order valence-corrected chi connectivity index (χ4v) is 2.74. The van der Waals surface area contributed by atoms with E-state index in [-0.39, 0.29) is 6.61 Å². The first-order chi connectivity index (χ1) is 9.28. The molecule has 0 amide bonds. The second kappa shape index (κ2) is 6.78. The molecule has 4 heteroatoms. The van der Waals surface area contributed by atoms with Gasteiger partial charge >= 0.3 is 0 Å². The molecule has 1 heterocycles. The van der Waals surface area contributed by atoms with Crippen molar-refractivity contribution in [2.75, 3.05) is 40.5 Å². The fraction of sp³-hybridized carbons (Fsp3) is 0.600. The van der Waals surface area contributed by atoms with Gasteiger partial charge in [0.15, 0.2) is 11.5 Å². The van der Waals surface area contributed by atoms with E-state index >= 15 is 0 Å². The lowest BCUT2D eigenvalue weighted by Gasteiger charge is -2.31. The van der Waals surface area contributed by atoms with E-state index < -0.39 is 0 Å². The van der Waals surface area contributed by atoms with Crippen molar-refractivity contribution in [1.29, 1.82) is 0 Å². The Morgan fingerprint density at radius 2 is 1.84 bits per heavy atom. The van der Waals surface area contributed by atoms with E-state index in [0.29, 0.717) is 5.92 Å². The SMILES string of the molecule is COc1ccc(C2CCN(CCO)CC2)cc1OC. The van der Waals surface area contributed by atoms with E-state index in [2.05, 4.69) is 17.0 Å². The number of benzene rings is 1. The largest absolute Gasteiger partial charge is 0.493 e. The zero-order chi connectivity index (χ0) is 13.7. The average molecular weight is 265 g/mol. The molecule has 0 bridgehead atoms. The van der Waals surface area contributed by atoms with E-state index in [9.17, 15) is 0 Å². The molecule has 0 unspecified atom stereocenters. The molecule has 1 aliphatic heterocycles. The molecular formula is C15H23NO3. The molecule has 0 radical (unpaired) electrons. The third-order valence-corrected chi connectivity index (χ3v) is 3.88. The van der Waals surface area contributed by atoms with Crippen molar-refractivity contribution < 1.29 is 14.6 Å². The van der Waals surface area contributed by atoms with Gasteiger partial charge in [0.25, 0.3) is 0 Å². The molecule has 0 spiro atoms. The van der Waals surface area contributed by atoms with Crippen LogP contribution in [0.4, 0.5) is 0 Å². The van der Waals surface area contributed by atoms with Crippen molar-refractivity contribution >= 4 is 0 Å². The third-order valence-electron chi connectivity index (χ3n) is 3.88. The first-order valence-corrected chi connectivity index (χ1v) is 6.83. The van der Waals surface area contributed by atoms with Gasteiger partial charge in [-0.15, -0.1) is 0 Å². The number of aliphatic hydroxyl groups is 1. The summed E-state index contributed by atoms with van der Waals surface area (Å²) in [6, 6.07) is 6.20. The summed E-state index contributed by atoms with van der Waals surface area (Å²) in [6.07, 6.45) is 2.27. The van der Waals surface area contributed by atoms with Crippen LogP contribution in [0.1, 0.15) is 24.3 Å². The molecule has 1 fully saturated rings. The summed E-state index contributed by atoms with van der Waals surface area (Å²) in [5.41, 5.74) is 1.32. The molecule has 2 rings (SSSR count). The molecule has 0 aliphatic carbocycles. The van der Waals surface area contributed by atoms with Gasteiger partial charge in [-0.2, -0.15) is 0 Å². The molecule has 1 aliphatic rings. The number of hydrogen-bond donors (Lipinski definition) is 1. The molecule has 1 N–H and O–H groups in total. The van der Waals surface area contributed by atoms with Gasteiger partial charge in [0.1, 0.15) is 0 Å². The molecule has 1 saturated heterocycles. The van der Waals surface area contributed by atoms with Gasteiger partial charge in [-0.1, -0.05) is 6.07 Å². The summed E-state index contributed by atoms with van der Waals surface area (Å²) in [4.78, 5) is 2.32. The van der Waals surface area contributed by atoms with Crippen molar-refractivity contribution in [3.63, 3.8) is 0 Å². The lowest BCUT2D eigenvalue weighted by atomic mass is 9.89. The number of piperidine rings is 1. The Kier molecular flexibility index (Phi) is 5.05. The van der Waals surface area contributed by atoms with E-state index in [1.807, 2.05) is 6.07 Å². The molecule has 1 aromatic rings. The summed E-state index contributed by atoms with van der Waals surface area (Å²) in [6.45, 7) is 3.15. The molecule has 19 heavy (non-hydrogen) atoms. The minimum absolute atomic E-state index is 0.251. The maximum absolute atomic E-state index is 8.96. The van der Waals surface area contributed by atoms with Crippen LogP contribution in [0.25, 0.3) is 0 Å². The smallest absolute Gasteiger partial charge is 0.160 e. The third kappa shape index (κ3) is 3.39. The van der Waals surface area contributed by atoms with Crippen LogP contribution in [0.3, 0.4) is 0 Å². The summed E-state index contributed by atoms with van der Waals surface area (Å²) in [7, 11) is 3.33. The van der Waals surface area contributed by atoms with Crippen LogP contribution in [0.2, 0.25) is 0 Å². The zero-order valence-electron chi connectivity index (χ0n) is 11.8. The Labute approximate surface area is 114 Å². The van der Waals surface area contributed by atoms with Crippen molar-refractivity contribution in [3.8, 4) is 11.5 Å². The Balaban J connectivity index is 2.03. The van der Waals surface area contributed by atoms with E-state index in [1.165, 1.54) is 5.56 Å². The van der Waals surface area contributed by atoms with Crippen LogP contribution in [0.15, 0.2) is 18.2 Å². The molecule has 0 aromatic heterocycles. The number of aliphatic hydroxyl groups excluding tert-OH is 1. The van der Waals surface area contributed by atoms with Crippen LogP contribution in [0.5, 0.6) is 11.5 Å². The monoisotopic (exact) mass is 265 g/mol. The quantitative estimate of drug-likeness (QED) is 0.882. The Morgan fingerprint density at radius 3 is 2.42 bits per heavy atom. The number of rotatable bonds is 5. The van der Waals surface area contributed by atoms with Gasteiger partial charge in [0.05, 0.1) is 20.8 Å². The summed E-state index contributed by atoms with van der Waals surface area (Å²) >= 11 is 0. The summed E-state index contributed by atoms with van der Waals surface area (Å²) < 4.78 is 10.6. The fourth-order valence-electron chi connectivity index (χ4n) is 2.74. The van der Waals surface area contributed by atoms with Crippen molar-refractivity contribution in [2.24, 2.45) is 0 Å². The van der Waals surface area contributed by atoms with Crippen LogP contribution < -0.4 is 9.47 Å². The zero-order valence-corrected chi connectivity index (χ0v) is 11.8. The first-order valence-electron chi connectivity index (χ1n) is 6.83. The van der Waals surface area contributed by atoms with Crippen LogP contribution in [-0.2, 0) is 0 Å². The molecule has 0 saturated carbocycles. The Bertz CT molecular complexity index is 400. The number of methoxy groups -OCH3 is 2. The average Bonchev–Trinajstić information content (AvgIpc) is 2.47. The van der Waals surface area contributed by atoms with Gasteiger partial charge < -0.3 is 19.5 Å². The lowest BCUT2D eigenvalue weighted by Crippen LogP contribution is -2.34. The minimum Gasteiger partial charge on any atom is -0.493 e. The van der Waals surface area contributed by atoms with Crippen LogP contribution in [-0.4, -0.2) is 50.5 Å². The normalized spacial score (nSPS) is 17.4. The van der Waals surface area contributed by atoms with E-state index in [4.69, 9.17) is 14.6 Å². The number of nitrogens with zero attached hydrogens (tertiary/aromatic N) is 1. The van der Waals surface area contributed by atoms with Crippen LogP contribution in [0, 0.1) is 0 Å². The van der Waals surface area contributed by atoms with Crippen LogP contribution >= 0.6 is 0 Å². The van der Waals surface area contributed by atoms with E-state index in [1.54, 1.807) is 14.2 Å². The standard InChI is InChI=1S/C15H23NO3/c1-18-14-4-3-13(11-15(14)19-2)12-5-7-16(8-6-12)9-10-17/h3-4,11-12,17H,5-10H2,1-2H3. The molecule has 4 nitrogen and oxygen atoms in total. The molecule has 106 valence electrons. The predicted octanol–water partition coefficient (Wildman–Crippen LogP) is 1.88. The number of ether oxygens (including phenoxy) is 2. The van der Waals surface area contributed by atoms with E-state index in [0.717, 1.165) is 44.0 Å². The summed E-state index contributed by atoms with van der Waals surface area (Å²) in [5, 5.41) is 8.96. The van der Waals surface area contributed by atoms with Gasteiger partial charge in [-0.05, 0) is 49.5 Å². The highest BCUT2D eigenvalue weighted by atomic mass is 16.5. The lowest BCUT2D eigenvalue weighted by molar-refractivity contribution is 0.164. The highest BCUT2D eigenvalue weighted by molar-refractivity contribution is 5.44. The minimum atomic E-state index is 0.251. The summed E-state index contributed by atoms with van der Waals surface area (Å²) in [5.74, 6) is 2.16. The molecule has 0 atom stereocenters.